The van der Waals surface area contributed by atoms with Crippen molar-refractivity contribution in [1.29, 1.82) is 0 Å². The Balaban J connectivity index is 2.00. The number of aromatic nitrogens is 1. The van der Waals surface area contributed by atoms with E-state index in [0.717, 1.165) is 6.54 Å². The van der Waals surface area contributed by atoms with Crippen LogP contribution in [0.4, 0.5) is 0 Å². The van der Waals surface area contributed by atoms with Crippen molar-refractivity contribution in [2.24, 2.45) is 0 Å². The summed E-state index contributed by atoms with van der Waals surface area (Å²) < 4.78 is 0. The molecule has 0 aromatic carbocycles. The Morgan fingerprint density at radius 1 is 1.56 bits per heavy atom. The zero-order valence-electron chi connectivity index (χ0n) is 9.73. The zero-order valence-corrected chi connectivity index (χ0v) is 12.2. The molecule has 1 N–H and O–H groups in total. The van der Waals surface area contributed by atoms with Gasteiger partial charge in [0, 0.05) is 28.7 Å². The van der Waals surface area contributed by atoms with Crippen molar-refractivity contribution in [1.82, 2.24) is 10.3 Å². The summed E-state index contributed by atoms with van der Waals surface area (Å²) in [6.45, 7) is 5.32. The van der Waals surface area contributed by atoms with Gasteiger partial charge in [0.15, 0.2) is 0 Å². The second kappa shape index (κ2) is 6.28. The average molecular weight is 274 g/mol. The van der Waals surface area contributed by atoms with E-state index >= 15 is 0 Å². The zero-order chi connectivity index (χ0) is 11.4. The van der Waals surface area contributed by atoms with E-state index in [0.29, 0.717) is 11.3 Å². The van der Waals surface area contributed by atoms with Gasteiger partial charge in [0.2, 0.25) is 0 Å². The average Bonchev–Trinajstić information content (AvgIpc) is 2.80. The molecule has 1 fully saturated rings. The van der Waals surface area contributed by atoms with Crippen LogP contribution in [0.3, 0.4) is 0 Å². The molecule has 2 nitrogen and oxygen atoms in total. The summed E-state index contributed by atoms with van der Waals surface area (Å²) in [4.78, 5) is 4.77. The Bertz CT molecular complexity index is 321. The summed E-state index contributed by atoms with van der Waals surface area (Å²) in [6, 6.07) is 0.385. The third kappa shape index (κ3) is 3.15. The fraction of sp³-hybridized carbons (Fsp3) is 0.727. The van der Waals surface area contributed by atoms with E-state index in [4.69, 9.17) is 4.98 Å². The first kappa shape index (κ1) is 12.7. The monoisotopic (exact) mass is 274 g/mol. The standard InChI is InChI=1S/C11H18N2S3/c1-3-12-8(2)9-6-16-11(13-9)10-7-14-4-5-15-10/h6,8,10,12H,3-5,7H2,1-2H3. The van der Waals surface area contributed by atoms with Gasteiger partial charge in [-0.1, -0.05) is 6.92 Å². The fourth-order valence-corrected chi connectivity index (χ4v) is 5.60. The van der Waals surface area contributed by atoms with Crippen LogP contribution < -0.4 is 5.32 Å². The summed E-state index contributed by atoms with van der Waals surface area (Å²) >= 11 is 5.94. The first-order valence-electron chi connectivity index (χ1n) is 5.69. The van der Waals surface area contributed by atoms with Crippen molar-refractivity contribution in [3.05, 3.63) is 16.1 Å². The molecule has 16 heavy (non-hydrogen) atoms. The van der Waals surface area contributed by atoms with Gasteiger partial charge in [-0.05, 0) is 13.5 Å². The first-order chi connectivity index (χ1) is 7.81. The molecular formula is C11H18N2S3. The maximum atomic E-state index is 4.77. The molecule has 1 aliphatic rings. The minimum Gasteiger partial charge on any atom is -0.309 e. The Labute approximate surface area is 110 Å². The second-order valence-corrected chi connectivity index (χ2v) is 7.17. The fourth-order valence-electron chi connectivity index (χ4n) is 1.69. The van der Waals surface area contributed by atoms with Crippen molar-refractivity contribution in [2.45, 2.75) is 25.1 Å². The highest BCUT2D eigenvalue weighted by atomic mass is 32.2. The lowest BCUT2D eigenvalue weighted by Crippen LogP contribution is -2.18. The van der Waals surface area contributed by atoms with Crippen LogP contribution in [0.1, 0.15) is 35.8 Å². The van der Waals surface area contributed by atoms with Gasteiger partial charge in [-0.15, -0.1) is 23.1 Å². The maximum Gasteiger partial charge on any atom is 0.107 e. The van der Waals surface area contributed by atoms with Gasteiger partial charge in [-0.25, -0.2) is 4.98 Å². The third-order valence-corrected chi connectivity index (χ3v) is 6.47. The number of thiazole rings is 1. The second-order valence-electron chi connectivity index (χ2n) is 3.82. The Morgan fingerprint density at radius 3 is 3.12 bits per heavy atom. The van der Waals surface area contributed by atoms with Crippen molar-refractivity contribution >= 4 is 34.9 Å². The van der Waals surface area contributed by atoms with E-state index in [-0.39, 0.29) is 0 Å². The van der Waals surface area contributed by atoms with Crippen LogP contribution in [-0.4, -0.2) is 28.8 Å². The van der Waals surface area contributed by atoms with E-state index in [1.165, 1.54) is 28.0 Å². The number of nitrogens with one attached hydrogen (secondary N) is 1. The lowest BCUT2D eigenvalue weighted by molar-refractivity contribution is 0.585. The van der Waals surface area contributed by atoms with Crippen LogP contribution in [-0.2, 0) is 0 Å². The molecule has 90 valence electrons. The lowest BCUT2D eigenvalue weighted by Gasteiger charge is -2.18. The molecule has 1 aromatic heterocycles. The van der Waals surface area contributed by atoms with E-state index in [1.54, 1.807) is 0 Å². The van der Waals surface area contributed by atoms with E-state index in [2.05, 4.69) is 48.1 Å². The topological polar surface area (TPSA) is 24.9 Å². The summed E-state index contributed by atoms with van der Waals surface area (Å²) in [7, 11) is 0. The number of hydrogen-bond donors (Lipinski definition) is 1. The quantitative estimate of drug-likeness (QED) is 0.910. The first-order valence-corrected chi connectivity index (χ1v) is 8.77. The predicted octanol–water partition coefficient (Wildman–Crippen LogP) is 3.33. The molecular weight excluding hydrogens is 256 g/mol. The Kier molecular flexibility index (Phi) is 5.00. The van der Waals surface area contributed by atoms with Crippen molar-refractivity contribution < 1.29 is 0 Å². The smallest absolute Gasteiger partial charge is 0.107 e. The van der Waals surface area contributed by atoms with Crippen LogP contribution in [0.5, 0.6) is 0 Å². The van der Waals surface area contributed by atoms with Crippen molar-refractivity contribution in [3.8, 4) is 0 Å². The number of nitrogens with zero attached hydrogens (tertiary/aromatic N) is 1. The molecule has 5 heteroatoms. The van der Waals surface area contributed by atoms with E-state index < -0.39 is 0 Å². The predicted molar refractivity (Wildman–Crippen MR) is 76.7 cm³/mol. The summed E-state index contributed by atoms with van der Waals surface area (Å²) in [5.74, 6) is 3.80. The lowest BCUT2D eigenvalue weighted by atomic mass is 10.2. The number of hydrogen-bond acceptors (Lipinski definition) is 5. The third-order valence-electron chi connectivity index (χ3n) is 2.59. The number of thioether (sulfide) groups is 2. The highest BCUT2D eigenvalue weighted by molar-refractivity contribution is 8.06. The highest BCUT2D eigenvalue weighted by Gasteiger charge is 2.20. The van der Waals surface area contributed by atoms with E-state index in [1.807, 2.05) is 11.3 Å². The van der Waals surface area contributed by atoms with Crippen LogP contribution in [0.25, 0.3) is 0 Å². The minimum absolute atomic E-state index is 0.385. The highest BCUT2D eigenvalue weighted by Crippen LogP contribution is 2.38. The van der Waals surface area contributed by atoms with Gasteiger partial charge >= 0.3 is 0 Å². The molecule has 0 bridgehead atoms. The molecule has 0 saturated carbocycles. The van der Waals surface area contributed by atoms with Gasteiger partial charge in [0.25, 0.3) is 0 Å². The molecule has 1 saturated heterocycles. The molecule has 0 aliphatic carbocycles. The molecule has 2 atom stereocenters. The van der Waals surface area contributed by atoms with Gasteiger partial charge in [0.1, 0.15) is 5.01 Å². The maximum absolute atomic E-state index is 4.77. The Hall–Kier alpha value is 0.290. The van der Waals surface area contributed by atoms with Gasteiger partial charge < -0.3 is 5.32 Å². The molecule has 2 rings (SSSR count). The molecule has 2 heterocycles. The molecule has 0 amide bonds. The SMILES string of the molecule is CCNC(C)c1csc(C2CSCCS2)n1. The summed E-state index contributed by atoms with van der Waals surface area (Å²) in [5.41, 5.74) is 1.21. The van der Waals surface area contributed by atoms with E-state index in [9.17, 15) is 0 Å². The van der Waals surface area contributed by atoms with Crippen LogP contribution in [0, 0.1) is 0 Å². The molecule has 1 aromatic rings. The normalized spacial score (nSPS) is 23.2. The summed E-state index contributed by atoms with van der Waals surface area (Å²) in [5, 5.41) is 7.57. The Morgan fingerprint density at radius 2 is 2.44 bits per heavy atom. The van der Waals surface area contributed by atoms with Gasteiger partial charge in [0.05, 0.1) is 10.9 Å². The molecule has 1 aliphatic heterocycles. The van der Waals surface area contributed by atoms with Crippen LogP contribution >= 0.6 is 34.9 Å². The van der Waals surface area contributed by atoms with Gasteiger partial charge in [-0.3, -0.25) is 0 Å². The molecule has 0 spiro atoms. The minimum atomic E-state index is 0.385. The number of rotatable bonds is 4. The molecule has 0 radical (unpaired) electrons. The van der Waals surface area contributed by atoms with Gasteiger partial charge in [-0.2, -0.15) is 11.8 Å². The van der Waals surface area contributed by atoms with Crippen molar-refractivity contribution in [2.75, 3.05) is 23.8 Å². The van der Waals surface area contributed by atoms with Crippen molar-refractivity contribution in [3.63, 3.8) is 0 Å². The van der Waals surface area contributed by atoms with Crippen LogP contribution in [0.15, 0.2) is 5.38 Å². The summed E-state index contributed by atoms with van der Waals surface area (Å²) in [6.07, 6.45) is 0. The molecule has 2 unspecified atom stereocenters. The van der Waals surface area contributed by atoms with Crippen LogP contribution in [0.2, 0.25) is 0 Å². The largest absolute Gasteiger partial charge is 0.309 e.